The number of hydrogen-bond acceptors (Lipinski definition) is 4. The highest BCUT2D eigenvalue weighted by atomic mass is 16.3. The third-order valence-electron chi connectivity index (χ3n) is 3.22. The van der Waals surface area contributed by atoms with E-state index in [1.807, 2.05) is 24.3 Å². The topological polar surface area (TPSA) is 68.9 Å². The lowest BCUT2D eigenvalue weighted by Gasteiger charge is -2.21. The summed E-state index contributed by atoms with van der Waals surface area (Å²) in [6, 6.07) is 9.80. The highest BCUT2D eigenvalue weighted by molar-refractivity contribution is 5.93. The molecule has 2 N–H and O–H groups in total. The normalized spacial score (nSPS) is 12.3. The van der Waals surface area contributed by atoms with Crippen LogP contribution < -0.4 is 5.32 Å². The average Bonchev–Trinajstić information content (AvgIpc) is 2.46. The van der Waals surface area contributed by atoms with Crippen molar-refractivity contribution in [3.05, 3.63) is 36.0 Å². The zero-order chi connectivity index (χ0) is 14.5. The molecule has 0 spiro atoms. The predicted molar refractivity (Wildman–Crippen MR) is 80.4 cm³/mol. The van der Waals surface area contributed by atoms with Crippen LogP contribution in [0.2, 0.25) is 0 Å². The van der Waals surface area contributed by atoms with Gasteiger partial charge >= 0.3 is 0 Å². The van der Waals surface area contributed by atoms with Gasteiger partial charge in [0.05, 0.1) is 23.4 Å². The number of rotatable bonds is 5. The zero-order valence-electron chi connectivity index (χ0n) is 11.8. The highest BCUT2D eigenvalue weighted by Gasteiger charge is 2.14. The molecular formula is C16H19N3O. The molecule has 0 saturated heterocycles. The second-order valence-corrected chi connectivity index (χ2v) is 5.33. The molecule has 0 saturated carbocycles. The molecule has 20 heavy (non-hydrogen) atoms. The van der Waals surface area contributed by atoms with Gasteiger partial charge in [0.1, 0.15) is 6.07 Å². The van der Waals surface area contributed by atoms with Gasteiger partial charge in [0, 0.05) is 17.6 Å². The fourth-order valence-electron chi connectivity index (χ4n) is 2.33. The lowest BCUT2D eigenvalue weighted by atomic mass is 10.0. The van der Waals surface area contributed by atoms with Gasteiger partial charge in [-0.1, -0.05) is 32.0 Å². The molecule has 1 aromatic heterocycles. The van der Waals surface area contributed by atoms with E-state index in [1.54, 1.807) is 6.20 Å². The molecule has 4 heteroatoms. The predicted octanol–water partition coefficient (Wildman–Crippen LogP) is 2.93. The van der Waals surface area contributed by atoms with E-state index in [-0.39, 0.29) is 12.6 Å². The zero-order valence-corrected chi connectivity index (χ0v) is 11.8. The number of nitrogens with zero attached hydrogens (tertiary/aromatic N) is 2. The van der Waals surface area contributed by atoms with E-state index in [0.29, 0.717) is 11.5 Å². The van der Waals surface area contributed by atoms with E-state index in [4.69, 9.17) is 0 Å². The second-order valence-electron chi connectivity index (χ2n) is 5.33. The molecule has 0 radical (unpaired) electrons. The van der Waals surface area contributed by atoms with Crippen LogP contribution in [-0.2, 0) is 0 Å². The maximum atomic E-state index is 9.51. The van der Waals surface area contributed by atoms with Gasteiger partial charge < -0.3 is 10.4 Å². The van der Waals surface area contributed by atoms with E-state index in [9.17, 15) is 10.4 Å². The third-order valence-corrected chi connectivity index (χ3v) is 3.22. The molecule has 0 aliphatic carbocycles. The van der Waals surface area contributed by atoms with Gasteiger partial charge in [-0.3, -0.25) is 4.98 Å². The van der Waals surface area contributed by atoms with Gasteiger partial charge in [0.25, 0.3) is 0 Å². The maximum absolute atomic E-state index is 9.51. The minimum atomic E-state index is -0.0621. The van der Waals surface area contributed by atoms with Crippen molar-refractivity contribution < 1.29 is 5.11 Å². The molecule has 104 valence electrons. The molecule has 1 aromatic carbocycles. The standard InChI is InChI=1S/C16H19N3O/c1-11(2)7-13(10-20)19-16-12(8-17)9-18-15-6-4-3-5-14(15)16/h3-6,9,11,13,20H,7,10H2,1-2H3,(H,18,19). The van der Waals surface area contributed by atoms with Crippen LogP contribution in [0.4, 0.5) is 5.69 Å². The van der Waals surface area contributed by atoms with Crippen molar-refractivity contribution in [1.29, 1.82) is 5.26 Å². The fourth-order valence-corrected chi connectivity index (χ4v) is 2.33. The summed E-state index contributed by atoms with van der Waals surface area (Å²) >= 11 is 0. The number of aliphatic hydroxyl groups excluding tert-OH is 1. The van der Waals surface area contributed by atoms with E-state index < -0.39 is 0 Å². The monoisotopic (exact) mass is 269 g/mol. The van der Waals surface area contributed by atoms with E-state index in [0.717, 1.165) is 23.0 Å². The first-order valence-corrected chi connectivity index (χ1v) is 6.81. The van der Waals surface area contributed by atoms with Crippen molar-refractivity contribution in [2.75, 3.05) is 11.9 Å². The van der Waals surface area contributed by atoms with Crippen LogP contribution in [0.5, 0.6) is 0 Å². The minimum absolute atomic E-state index is 0.0414. The van der Waals surface area contributed by atoms with Crippen LogP contribution >= 0.6 is 0 Å². The summed E-state index contributed by atoms with van der Waals surface area (Å²) in [4.78, 5) is 4.28. The maximum Gasteiger partial charge on any atom is 0.103 e. The van der Waals surface area contributed by atoms with Crippen molar-refractivity contribution in [3.8, 4) is 6.07 Å². The molecule has 1 unspecified atom stereocenters. The molecular weight excluding hydrogens is 250 g/mol. The molecule has 0 aliphatic rings. The smallest absolute Gasteiger partial charge is 0.103 e. The number of nitrogens with one attached hydrogen (secondary N) is 1. The van der Waals surface area contributed by atoms with Gasteiger partial charge in [-0.05, 0) is 18.4 Å². The first-order valence-electron chi connectivity index (χ1n) is 6.81. The Morgan fingerprint density at radius 1 is 1.35 bits per heavy atom. The van der Waals surface area contributed by atoms with Gasteiger partial charge in [-0.25, -0.2) is 0 Å². The highest BCUT2D eigenvalue weighted by Crippen LogP contribution is 2.26. The Balaban J connectivity index is 2.43. The van der Waals surface area contributed by atoms with Gasteiger partial charge in [0.2, 0.25) is 0 Å². The molecule has 2 rings (SSSR count). The van der Waals surface area contributed by atoms with Crippen molar-refractivity contribution in [3.63, 3.8) is 0 Å². The molecule has 1 heterocycles. The van der Waals surface area contributed by atoms with Crippen LogP contribution in [0.15, 0.2) is 30.5 Å². The van der Waals surface area contributed by atoms with Gasteiger partial charge in [-0.15, -0.1) is 0 Å². The van der Waals surface area contributed by atoms with Crippen LogP contribution in [0, 0.1) is 17.2 Å². The number of pyridine rings is 1. The number of aliphatic hydroxyl groups is 1. The quantitative estimate of drug-likeness (QED) is 0.875. The van der Waals surface area contributed by atoms with Crippen molar-refractivity contribution in [2.24, 2.45) is 5.92 Å². The Labute approximate surface area is 119 Å². The summed E-state index contributed by atoms with van der Waals surface area (Å²) in [6.45, 7) is 4.26. The summed E-state index contributed by atoms with van der Waals surface area (Å²) < 4.78 is 0. The summed E-state index contributed by atoms with van der Waals surface area (Å²) in [5, 5.41) is 23.0. The number of nitriles is 1. The third kappa shape index (κ3) is 3.06. The molecule has 0 amide bonds. The van der Waals surface area contributed by atoms with Crippen molar-refractivity contribution in [1.82, 2.24) is 4.98 Å². The van der Waals surface area contributed by atoms with Gasteiger partial charge in [0.15, 0.2) is 0 Å². The van der Waals surface area contributed by atoms with Crippen molar-refractivity contribution >= 4 is 16.6 Å². The van der Waals surface area contributed by atoms with Crippen molar-refractivity contribution in [2.45, 2.75) is 26.3 Å². The minimum Gasteiger partial charge on any atom is -0.394 e. The first-order chi connectivity index (χ1) is 9.65. The number of aromatic nitrogens is 1. The molecule has 0 fully saturated rings. The number of para-hydroxylation sites is 1. The largest absolute Gasteiger partial charge is 0.394 e. The second kappa shape index (κ2) is 6.36. The Hall–Kier alpha value is -2.12. The summed E-state index contributed by atoms with van der Waals surface area (Å²) in [5.41, 5.74) is 2.11. The Morgan fingerprint density at radius 2 is 2.10 bits per heavy atom. The number of hydrogen-bond donors (Lipinski definition) is 2. The van der Waals surface area contributed by atoms with Crippen LogP contribution in [0.3, 0.4) is 0 Å². The lowest BCUT2D eigenvalue weighted by Crippen LogP contribution is -2.26. The average molecular weight is 269 g/mol. The fraction of sp³-hybridized carbons (Fsp3) is 0.375. The Bertz CT molecular complexity index is 631. The summed E-state index contributed by atoms with van der Waals surface area (Å²) in [7, 11) is 0. The van der Waals surface area contributed by atoms with E-state index in [2.05, 4.69) is 30.2 Å². The molecule has 0 aliphatic heterocycles. The molecule has 4 nitrogen and oxygen atoms in total. The Morgan fingerprint density at radius 3 is 2.75 bits per heavy atom. The summed E-state index contributed by atoms with van der Waals surface area (Å²) in [5.74, 6) is 0.471. The number of anilines is 1. The summed E-state index contributed by atoms with van der Waals surface area (Å²) in [6.07, 6.45) is 2.42. The lowest BCUT2D eigenvalue weighted by molar-refractivity contribution is 0.259. The van der Waals surface area contributed by atoms with Crippen LogP contribution in [-0.4, -0.2) is 22.7 Å². The number of fused-ring (bicyclic) bond motifs is 1. The molecule has 1 atom stereocenters. The Kier molecular flexibility index (Phi) is 4.54. The van der Waals surface area contributed by atoms with E-state index in [1.165, 1.54) is 0 Å². The first kappa shape index (κ1) is 14.3. The van der Waals surface area contributed by atoms with Crippen LogP contribution in [0.1, 0.15) is 25.8 Å². The molecule has 0 bridgehead atoms. The molecule has 2 aromatic rings. The number of benzene rings is 1. The van der Waals surface area contributed by atoms with E-state index >= 15 is 0 Å². The van der Waals surface area contributed by atoms with Crippen LogP contribution in [0.25, 0.3) is 10.9 Å². The van der Waals surface area contributed by atoms with Gasteiger partial charge in [-0.2, -0.15) is 5.26 Å². The SMILES string of the molecule is CC(C)CC(CO)Nc1c(C#N)cnc2ccccc12.